The lowest BCUT2D eigenvalue weighted by atomic mass is 10.3. The van der Waals surface area contributed by atoms with E-state index < -0.39 is 0 Å². The molecule has 0 unspecified atom stereocenters. The summed E-state index contributed by atoms with van der Waals surface area (Å²) in [6.07, 6.45) is 0. The van der Waals surface area contributed by atoms with E-state index in [9.17, 15) is 0 Å². The maximum Gasteiger partial charge on any atom is 0.145 e. The van der Waals surface area contributed by atoms with Crippen LogP contribution >= 0.6 is 11.5 Å². The van der Waals surface area contributed by atoms with Crippen LogP contribution < -0.4 is 0 Å². The van der Waals surface area contributed by atoms with Crippen molar-refractivity contribution in [2.45, 2.75) is 13.8 Å². The average Bonchev–Trinajstić information content (AvgIpc) is 2.28. The third kappa shape index (κ3) is 1.60. The summed E-state index contributed by atoms with van der Waals surface area (Å²) in [6, 6.07) is 8.01. The van der Waals surface area contributed by atoms with Crippen LogP contribution in [0, 0.1) is 13.8 Å². The first-order valence-electron chi connectivity index (χ1n) is 4.14. The molecule has 0 radical (unpaired) electrons. The number of para-hydroxylation sites is 1. The zero-order chi connectivity index (χ0) is 9.26. The Morgan fingerprint density at radius 1 is 1.23 bits per heavy atom. The number of nitrogens with one attached hydrogen (secondary N) is 1. The maximum absolute atomic E-state index is 5.67. The molecule has 1 aromatic carbocycles. The zero-order valence-electron chi connectivity index (χ0n) is 7.63. The number of hydrogen-bond acceptors (Lipinski definition) is 2. The molecule has 2 nitrogen and oxygen atoms in total. The summed E-state index contributed by atoms with van der Waals surface area (Å²) in [6.45, 7) is 3.97. The minimum Gasteiger partial charge on any atom is -0.459 e. The highest BCUT2D eigenvalue weighted by atomic mass is 32.1. The second kappa shape index (κ2) is 3.26. The van der Waals surface area contributed by atoms with E-state index in [-0.39, 0.29) is 0 Å². The van der Waals surface area contributed by atoms with Crippen LogP contribution in [0.4, 0.5) is 0 Å². The zero-order valence-corrected chi connectivity index (χ0v) is 8.44. The number of aromatic nitrogens is 1. The lowest BCUT2D eigenvalue weighted by Crippen LogP contribution is -1.75. The van der Waals surface area contributed by atoms with Gasteiger partial charge < -0.3 is 8.79 Å². The van der Waals surface area contributed by atoms with Gasteiger partial charge in [-0.2, -0.15) is 0 Å². The summed E-state index contributed by atoms with van der Waals surface area (Å²) in [5.74, 6) is 0.928. The molecule has 1 aromatic heterocycles. The molecule has 0 aliphatic carbocycles. The van der Waals surface area contributed by atoms with E-state index >= 15 is 0 Å². The van der Waals surface area contributed by atoms with Crippen molar-refractivity contribution >= 4 is 21.8 Å². The Morgan fingerprint density at radius 2 is 2.00 bits per heavy atom. The smallest absolute Gasteiger partial charge is 0.145 e. The van der Waals surface area contributed by atoms with E-state index in [4.69, 9.17) is 4.42 Å². The summed E-state index contributed by atoms with van der Waals surface area (Å²) >= 11 is 1.59. The number of fused-ring (bicyclic) bond motifs is 1. The van der Waals surface area contributed by atoms with Crippen LogP contribution in [-0.2, 0) is 0 Å². The Labute approximate surface area is 80.7 Å². The fraction of sp³-hybridized carbons (Fsp3) is 0.200. The van der Waals surface area contributed by atoms with Crippen LogP contribution in [0.5, 0.6) is 0 Å². The largest absolute Gasteiger partial charge is 0.459 e. The first-order valence-corrected chi connectivity index (χ1v) is 4.96. The van der Waals surface area contributed by atoms with Gasteiger partial charge in [0, 0.05) is 0 Å². The van der Waals surface area contributed by atoms with E-state index in [1.807, 2.05) is 38.1 Å². The van der Waals surface area contributed by atoms with Gasteiger partial charge in [-0.25, -0.2) is 0 Å². The fourth-order valence-corrected chi connectivity index (χ4v) is 1.83. The van der Waals surface area contributed by atoms with Gasteiger partial charge in [-0.3, -0.25) is 0 Å². The average molecular weight is 193 g/mol. The maximum atomic E-state index is 5.67. The molecule has 13 heavy (non-hydrogen) atoms. The normalized spacial score (nSPS) is 10.3. The van der Waals surface area contributed by atoms with Gasteiger partial charge in [-0.1, -0.05) is 23.7 Å². The molecule has 1 N–H and O–H groups in total. The number of H-pyrrole nitrogens is 1. The van der Waals surface area contributed by atoms with E-state index in [1.54, 1.807) is 11.5 Å². The highest BCUT2D eigenvalue weighted by molar-refractivity contribution is 7.12. The number of rotatable bonds is 0. The number of aromatic amines is 1. The molecule has 3 heteroatoms. The number of aryl methyl sites for hydroxylation is 2. The summed E-state index contributed by atoms with van der Waals surface area (Å²) in [4.78, 5) is 0. The molecule has 2 rings (SSSR count). The summed E-state index contributed by atoms with van der Waals surface area (Å²) < 4.78 is 10.0. The van der Waals surface area contributed by atoms with E-state index in [0.29, 0.717) is 0 Å². The molecule has 2 aromatic rings. The molecule has 0 bridgehead atoms. The second-order valence-corrected chi connectivity index (χ2v) is 3.78. The van der Waals surface area contributed by atoms with Crippen LogP contribution in [0.3, 0.4) is 0 Å². The Kier molecular flexibility index (Phi) is 2.10. The van der Waals surface area contributed by atoms with Crippen molar-refractivity contribution in [3.63, 3.8) is 0 Å². The summed E-state index contributed by atoms with van der Waals surface area (Å²) in [5.41, 5.74) is 2.00. The molecule has 0 atom stereocenters. The highest BCUT2D eigenvalue weighted by Crippen LogP contribution is 2.17. The lowest BCUT2D eigenvalue weighted by Gasteiger charge is -1.90. The minimum absolute atomic E-state index is 0.925. The predicted molar refractivity (Wildman–Crippen MR) is 55.5 cm³/mol. The van der Waals surface area contributed by atoms with Crippen molar-refractivity contribution in [3.05, 3.63) is 35.7 Å². The van der Waals surface area contributed by atoms with Gasteiger partial charge in [-0.15, -0.1) is 0 Å². The molecule has 68 valence electrons. The minimum atomic E-state index is 0.925. The van der Waals surface area contributed by atoms with E-state index in [0.717, 1.165) is 21.7 Å². The van der Waals surface area contributed by atoms with Crippen molar-refractivity contribution in [1.82, 2.24) is 4.37 Å². The van der Waals surface area contributed by atoms with Crippen molar-refractivity contribution in [3.8, 4) is 0 Å². The van der Waals surface area contributed by atoms with E-state index in [2.05, 4.69) is 4.37 Å². The third-order valence-corrected chi connectivity index (χ3v) is 2.92. The summed E-state index contributed by atoms with van der Waals surface area (Å²) in [7, 11) is 0. The molecular weight excluding hydrogens is 182 g/mol. The van der Waals surface area contributed by atoms with Crippen molar-refractivity contribution in [2.75, 3.05) is 0 Å². The topological polar surface area (TPSA) is 28.9 Å². The predicted octanol–water partition coefficient (Wildman–Crippen LogP) is 3.56. The SMILES string of the molecule is Cc1[nH]sc2ccccc2oc1C. The van der Waals surface area contributed by atoms with Crippen LogP contribution in [0.1, 0.15) is 11.5 Å². The Balaban J connectivity index is 2.89. The molecule has 0 fully saturated rings. The fourth-order valence-electron chi connectivity index (χ4n) is 1.06. The monoisotopic (exact) mass is 193 g/mol. The third-order valence-electron chi connectivity index (χ3n) is 1.95. The molecule has 0 saturated heterocycles. The van der Waals surface area contributed by atoms with Crippen molar-refractivity contribution in [2.24, 2.45) is 0 Å². The molecule has 0 aliphatic rings. The standard InChI is InChI=1S/C10H11NOS/c1-7-8(2)12-9-5-3-4-6-10(9)13-11-7/h3-6,11H,1-2H3. The number of benzene rings is 1. The molecular formula is C10H11NOS. The van der Waals surface area contributed by atoms with Crippen LogP contribution in [0.15, 0.2) is 28.7 Å². The molecule has 0 amide bonds. The van der Waals surface area contributed by atoms with Gasteiger partial charge in [-0.05, 0) is 26.0 Å². The second-order valence-electron chi connectivity index (χ2n) is 2.93. The molecule has 0 saturated carbocycles. The van der Waals surface area contributed by atoms with E-state index in [1.165, 1.54) is 0 Å². The van der Waals surface area contributed by atoms with Gasteiger partial charge in [0.1, 0.15) is 11.3 Å². The first-order chi connectivity index (χ1) is 6.27. The first kappa shape index (κ1) is 8.38. The Hall–Kier alpha value is -1.22. The Morgan fingerprint density at radius 3 is 2.85 bits per heavy atom. The lowest BCUT2D eigenvalue weighted by molar-refractivity contribution is 0.562. The van der Waals surface area contributed by atoms with Crippen LogP contribution in [0.2, 0.25) is 0 Å². The molecule has 1 heterocycles. The van der Waals surface area contributed by atoms with Crippen molar-refractivity contribution < 1.29 is 4.42 Å². The number of hydrogen-bond donors (Lipinski definition) is 1. The van der Waals surface area contributed by atoms with Gasteiger partial charge >= 0.3 is 0 Å². The van der Waals surface area contributed by atoms with Crippen LogP contribution in [0.25, 0.3) is 10.3 Å². The highest BCUT2D eigenvalue weighted by Gasteiger charge is 1.95. The Bertz CT molecular complexity index is 462. The van der Waals surface area contributed by atoms with Crippen molar-refractivity contribution in [1.29, 1.82) is 0 Å². The van der Waals surface area contributed by atoms with Crippen LogP contribution in [-0.4, -0.2) is 4.37 Å². The quantitative estimate of drug-likeness (QED) is 0.681. The van der Waals surface area contributed by atoms with Gasteiger partial charge in [0.2, 0.25) is 0 Å². The van der Waals surface area contributed by atoms with Gasteiger partial charge in [0.25, 0.3) is 0 Å². The van der Waals surface area contributed by atoms with Gasteiger partial charge in [0.05, 0.1) is 10.4 Å². The molecule has 0 spiro atoms. The van der Waals surface area contributed by atoms with Gasteiger partial charge in [0.15, 0.2) is 0 Å². The summed E-state index contributed by atoms with van der Waals surface area (Å²) in [5, 5.41) is 0. The molecule has 0 aliphatic heterocycles.